The molecule has 1 atom stereocenters. The first-order chi connectivity index (χ1) is 16.4. The van der Waals surface area contributed by atoms with Crippen LogP contribution >= 0.6 is 0 Å². The van der Waals surface area contributed by atoms with Crippen molar-refractivity contribution in [2.75, 3.05) is 7.05 Å². The third kappa shape index (κ3) is 5.47. The second kappa shape index (κ2) is 10.5. The summed E-state index contributed by atoms with van der Waals surface area (Å²) in [6, 6.07) is 8.27. The first-order valence-corrected chi connectivity index (χ1v) is 11.7. The highest BCUT2D eigenvalue weighted by Gasteiger charge is 2.31. The summed E-state index contributed by atoms with van der Waals surface area (Å²) in [6.45, 7) is 2.33. The first kappa shape index (κ1) is 23.5. The SMILES string of the molecule is CNC(=O)[C@@H](NC(=O)c1ccc(-c2ccc(OCc3cc(C)n(C)n3)cn2)o1)C1CCCCC1. The van der Waals surface area contributed by atoms with E-state index in [1.807, 2.05) is 20.0 Å². The fourth-order valence-corrected chi connectivity index (χ4v) is 4.30. The van der Waals surface area contributed by atoms with E-state index < -0.39 is 11.9 Å². The lowest BCUT2D eigenvalue weighted by atomic mass is 9.83. The number of nitrogens with zero attached hydrogens (tertiary/aromatic N) is 3. The van der Waals surface area contributed by atoms with Gasteiger partial charge in [-0.2, -0.15) is 5.10 Å². The summed E-state index contributed by atoms with van der Waals surface area (Å²) < 4.78 is 13.3. The number of hydrogen-bond acceptors (Lipinski definition) is 6. The Kier molecular flexibility index (Phi) is 7.30. The van der Waals surface area contributed by atoms with Crippen LogP contribution in [0, 0.1) is 12.8 Å². The number of aryl methyl sites for hydroxylation is 2. The van der Waals surface area contributed by atoms with Crippen LogP contribution in [0.4, 0.5) is 0 Å². The van der Waals surface area contributed by atoms with Crippen molar-refractivity contribution in [1.82, 2.24) is 25.4 Å². The van der Waals surface area contributed by atoms with Crippen molar-refractivity contribution in [2.45, 2.75) is 51.7 Å². The molecule has 9 heteroatoms. The van der Waals surface area contributed by atoms with Crippen LogP contribution in [0.15, 0.2) is 40.9 Å². The standard InChI is InChI=1S/C25H31N5O4/c1-16-13-18(29-30(16)3)15-33-19-9-10-20(27-14-19)21-11-12-22(34-21)24(31)28-23(25(32)26-2)17-7-5-4-6-8-17/h9-14,17,23H,4-8,15H2,1-3H3,(H,26,32)(H,28,31)/t23-/m0/s1. The van der Waals surface area contributed by atoms with Gasteiger partial charge in [0.25, 0.3) is 5.91 Å². The smallest absolute Gasteiger partial charge is 0.287 e. The number of likely N-dealkylation sites (N-methyl/N-ethyl adjacent to an activating group) is 1. The maximum Gasteiger partial charge on any atom is 0.287 e. The Bertz CT molecular complexity index is 1110. The van der Waals surface area contributed by atoms with Crippen molar-refractivity contribution < 1.29 is 18.7 Å². The number of furan rings is 1. The van der Waals surface area contributed by atoms with E-state index in [1.54, 1.807) is 42.2 Å². The largest absolute Gasteiger partial charge is 0.486 e. The minimum absolute atomic E-state index is 0.135. The normalized spacial score (nSPS) is 15.0. The molecule has 0 bridgehead atoms. The van der Waals surface area contributed by atoms with Crippen LogP contribution in [-0.4, -0.2) is 39.7 Å². The van der Waals surface area contributed by atoms with Crippen molar-refractivity contribution in [1.29, 1.82) is 0 Å². The zero-order chi connectivity index (χ0) is 24.1. The molecule has 3 aromatic rings. The Hall–Kier alpha value is -3.62. The van der Waals surface area contributed by atoms with Crippen molar-refractivity contribution in [3.63, 3.8) is 0 Å². The molecule has 0 aliphatic heterocycles. The predicted octanol–water partition coefficient (Wildman–Crippen LogP) is 3.39. The van der Waals surface area contributed by atoms with Gasteiger partial charge in [-0.05, 0) is 56.0 Å². The van der Waals surface area contributed by atoms with Crippen molar-refractivity contribution >= 4 is 11.8 Å². The molecule has 1 aliphatic rings. The summed E-state index contributed by atoms with van der Waals surface area (Å²) in [4.78, 5) is 29.6. The van der Waals surface area contributed by atoms with Gasteiger partial charge >= 0.3 is 0 Å². The van der Waals surface area contributed by atoms with E-state index in [2.05, 4.69) is 20.7 Å². The summed E-state index contributed by atoms with van der Waals surface area (Å²) >= 11 is 0. The van der Waals surface area contributed by atoms with E-state index in [9.17, 15) is 9.59 Å². The average Bonchev–Trinajstić information content (AvgIpc) is 3.48. The van der Waals surface area contributed by atoms with Crippen LogP contribution < -0.4 is 15.4 Å². The summed E-state index contributed by atoms with van der Waals surface area (Å²) in [5.41, 5.74) is 2.48. The van der Waals surface area contributed by atoms with Gasteiger partial charge < -0.3 is 19.8 Å². The highest BCUT2D eigenvalue weighted by Crippen LogP contribution is 2.27. The summed E-state index contributed by atoms with van der Waals surface area (Å²) in [5, 5.41) is 9.91. The zero-order valence-electron chi connectivity index (χ0n) is 19.8. The molecule has 2 amide bonds. The van der Waals surface area contributed by atoms with E-state index >= 15 is 0 Å². The molecule has 0 radical (unpaired) electrons. The molecule has 1 fully saturated rings. The van der Waals surface area contributed by atoms with Crippen LogP contribution in [0.5, 0.6) is 5.75 Å². The van der Waals surface area contributed by atoms with Crippen molar-refractivity contribution in [3.8, 4) is 17.2 Å². The van der Waals surface area contributed by atoms with E-state index in [1.165, 1.54) is 6.42 Å². The third-order valence-electron chi connectivity index (χ3n) is 6.31. The van der Waals surface area contributed by atoms with Crippen molar-refractivity contribution in [3.05, 3.63) is 53.7 Å². The monoisotopic (exact) mass is 465 g/mol. The Balaban J connectivity index is 1.38. The highest BCUT2D eigenvalue weighted by molar-refractivity contribution is 5.96. The highest BCUT2D eigenvalue weighted by atomic mass is 16.5. The van der Waals surface area contributed by atoms with Gasteiger partial charge in [0.2, 0.25) is 5.91 Å². The second-order valence-electron chi connectivity index (χ2n) is 8.70. The number of aromatic nitrogens is 3. The summed E-state index contributed by atoms with van der Waals surface area (Å²) in [6.07, 6.45) is 6.79. The average molecular weight is 466 g/mol. The molecule has 9 nitrogen and oxygen atoms in total. The molecule has 0 saturated heterocycles. The number of rotatable bonds is 8. The Labute approximate surface area is 198 Å². The topological polar surface area (TPSA) is 111 Å². The lowest BCUT2D eigenvalue weighted by molar-refractivity contribution is -0.124. The minimum atomic E-state index is -0.566. The van der Waals surface area contributed by atoms with Crippen LogP contribution in [0.2, 0.25) is 0 Å². The molecule has 2 N–H and O–H groups in total. The summed E-state index contributed by atoms with van der Waals surface area (Å²) in [5.74, 6) is 0.772. The minimum Gasteiger partial charge on any atom is -0.486 e. The number of amides is 2. The van der Waals surface area contributed by atoms with E-state index in [-0.39, 0.29) is 17.6 Å². The lowest BCUT2D eigenvalue weighted by Gasteiger charge is -2.29. The molecule has 0 spiro atoms. The van der Waals surface area contributed by atoms with Gasteiger partial charge in [0, 0.05) is 19.8 Å². The van der Waals surface area contributed by atoms with Crippen LogP contribution in [0.25, 0.3) is 11.5 Å². The number of hydrogen-bond donors (Lipinski definition) is 2. The quantitative estimate of drug-likeness (QED) is 0.528. The van der Waals surface area contributed by atoms with Crippen LogP contribution in [-0.2, 0) is 18.4 Å². The van der Waals surface area contributed by atoms with Gasteiger partial charge in [-0.1, -0.05) is 19.3 Å². The van der Waals surface area contributed by atoms with E-state index in [0.717, 1.165) is 37.1 Å². The number of carbonyl (C=O) groups excluding carboxylic acids is 2. The van der Waals surface area contributed by atoms with Gasteiger partial charge in [0.05, 0.1) is 6.20 Å². The van der Waals surface area contributed by atoms with Gasteiger partial charge in [0.15, 0.2) is 11.5 Å². The molecule has 4 rings (SSSR count). The molecular weight excluding hydrogens is 434 g/mol. The lowest BCUT2D eigenvalue weighted by Crippen LogP contribution is -2.50. The fourth-order valence-electron chi connectivity index (χ4n) is 4.30. The zero-order valence-corrected chi connectivity index (χ0v) is 19.8. The Morgan fingerprint density at radius 3 is 2.65 bits per heavy atom. The Morgan fingerprint density at radius 2 is 2.00 bits per heavy atom. The maximum atomic E-state index is 12.8. The van der Waals surface area contributed by atoms with Crippen LogP contribution in [0.3, 0.4) is 0 Å². The molecule has 180 valence electrons. The molecule has 3 heterocycles. The van der Waals surface area contributed by atoms with E-state index in [0.29, 0.717) is 23.8 Å². The molecule has 1 saturated carbocycles. The summed E-state index contributed by atoms with van der Waals surface area (Å²) in [7, 11) is 3.48. The van der Waals surface area contributed by atoms with Gasteiger partial charge in [0.1, 0.15) is 29.8 Å². The number of nitrogens with one attached hydrogen (secondary N) is 2. The fraction of sp³-hybridized carbons (Fsp3) is 0.440. The number of pyridine rings is 1. The second-order valence-corrected chi connectivity index (χ2v) is 8.70. The molecule has 34 heavy (non-hydrogen) atoms. The molecule has 1 aliphatic carbocycles. The molecule has 0 unspecified atom stereocenters. The Morgan fingerprint density at radius 1 is 1.21 bits per heavy atom. The molecule has 0 aromatic carbocycles. The number of carbonyl (C=O) groups is 2. The molecular formula is C25H31N5O4. The van der Waals surface area contributed by atoms with E-state index in [4.69, 9.17) is 9.15 Å². The predicted molar refractivity (Wildman–Crippen MR) is 126 cm³/mol. The number of ether oxygens (including phenoxy) is 1. The molecule has 3 aromatic heterocycles. The first-order valence-electron chi connectivity index (χ1n) is 11.7. The third-order valence-corrected chi connectivity index (χ3v) is 6.31. The van der Waals surface area contributed by atoms with Gasteiger partial charge in [-0.25, -0.2) is 4.98 Å². The van der Waals surface area contributed by atoms with Crippen LogP contribution in [0.1, 0.15) is 54.0 Å². The van der Waals surface area contributed by atoms with Gasteiger partial charge in [-0.3, -0.25) is 14.3 Å². The van der Waals surface area contributed by atoms with Crippen molar-refractivity contribution in [2.24, 2.45) is 13.0 Å². The van der Waals surface area contributed by atoms with Gasteiger partial charge in [-0.15, -0.1) is 0 Å². The maximum absolute atomic E-state index is 12.8.